The second kappa shape index (κ2) is 7.98. The number of H-pyrrole nitrogens is 1. The number of nitrogens with zero attached hydrogens (tertiary/aromatic N) is 3. The highest BCUT2D eigenvalue weighted by Crippen LogP contribution is 2.29. The molecular formula is C21H24N4O2S. The van der Waals surface area contributed by atoms with Crippen LogP contribution < -0.4 is 4.74 Å². The van der Waals surface area contributed by atoms with Gasteiger partial charge in [0.05, 0.1) is 12.8 Å². The van der Waals surface area contributed by atoms with E-state index in [0.29, 0.717) is 28.5 Å². The summed E-state index contributed by atoms with van der Waals surface area (Å²) >= 11 is 5.32. The fourth-order valence-electron chi connectivity index (χ4n) is 2.74. The summed E-state index contributed by atoms with van der Waals surface area (Å²) in [5, 5.41) is 21.8. The fourth-order valence-corrected chi connectivity index (χ4v) is 2.92. The SMILES string of the molecule is CCOc1cccc(C=Nn2c(-c3ccc(C(C)(C)C)cc3)n[nH]c2=S)c1O. The minimum absolute atomic E-state index is 0.0409. The molecule has 0 aliphatic rings. The van der Waals surface area contributed by atoms with Gasteiger partial charge in [-0.15, -0.1) is 0 Å². The second-order valence-corrected chi connectivity index (χ2v) is 7.75. The van der Waals surface area contributed by atoms with Gasteiger partial charge in [-0.25, -0.2) is 5.10 Å². The highest BCUT2D eigenvalue weighted by atomic mass is 32.1. The maximum absolute atomic E-state index is 10.3. The molecule has 3 rings (SSSR count). The van der Waals surface area contributed by atoms with E-state index in [1.54, 1.807) is 18.2 Å². The van der Waals surface area contributed by atoms with Crippen molar-refractivity contribution in [1.82, 2.24) is 14.9 Å². The monoisotopic (exact) mass is 396 g/mol. The lowest BCUT2D eigenvalue weighted by atomic mass is 9.87. The molecule has 0 unspecified atom stereocenters. The molecule has 7 heteroatoms. The zero-order valence-corrected chi connectivity index (χ0v) is 17.2. The molecule has 146 valence electrons. The molecule has 0 spiro atoms. The first-order valence-electron chi connectivity index (χ1n) is 9.08. The highest BCUT2D eigenvalue weighted by Gasteiger charge is 2.15. The lowest BCUT2D eigenvalue weighted by Crippen LogP contribution is -2.10. The normalized spacial score (nSPS) is 11.9. The van der Waals surface area contributed by atoms with Crippen molar-refractivity contribution in [2.45, 2.75) is 33.1 Å². The van der Waals surface area contributed by atoms with Crippen LogP contribution in [-0.4, -0.2) is 32.8 Å². The van der Waals surface area contributed by atoms with Crippen LogP contribution in [0, 0.1) is 4.77 Å². The minimum Gasteiger partial charge on any atom is -0.504 e. The van der Waals surface area contributed by atoms with E-state index in [1.807, 2.05) is 19.1 Å². The van der Waals surface area contributed by atoms with Crippen LogP contribution in [0.5, 0.6) is 11.5 Å². The summed E-state index contributed by atoms with van der Waals surface area (Å²) in [6.45, 7) is 8.85. The number of phenolic OH excluding ortho intramolecular Hbond substituents is 1. The molecule has 6 nitrogen and oxygen atoms in total. The van der Waals surface area contributed by atoms with E-state index in [9.17, 15) is 5.11 Å². The van der Waals surface area contributed by atoms with Crippen LogP contribution in [0.25, 0.3) is 11.4 Å². The smallest absolute Gasteiger partial charge is 0.216 e. The maximum Gasteiger partial charge on any atom is 0.216 e. The Balaban J connectivity index is 1.95. The molecule has 0 atom stereocenters. The predicted molar refractivity (Wildman–Crippen MR) is 114 cm³/mol. The number of phenols is 1. The summed E-state index contributed by atoms with van der Waals surface area (Å²) in [4.78, 5) is 0. The number of ether oxygens (including phenoxy) is 1. The van der Waals surface area contributed by atoms with Crippen molar-refractivity contribution in [2.24, 2.45) is 5.10 Å². The Labute approximate surface area is 169 Å². The largest absolute Gasteiger partial charge is 0.504 e. The van der Waals surface area contributed by atoms with Gasteiger partial charge < -0.3 is 9.84 Å². The molecule has 0 fully saturated rings. The second-order valence-electron chi connectivity index (χ2n) is 7.36. The molecule has 28 heavy (non-hydrogen) atoms. The Morgan fingerprint density at radius 1 is 1.21 bits per heavy atom. The first kappa shape index (κ1) is 19.8. The lowest BCUT2D eigenvalue weighted by Gasteiger charge is -2.18. The molecule has 0 aliphatic heterocycles. The molecule has 1 heterocycles. The Bertz CT molecular complexity index is 1040. The lowest BCUT2D eigenvalue weighted by molar-refractivity contribution is 0.318. The molecule has 3 aromatic rings. The molecule has 0 bridgehead atoms. The summed E-state index contributed by atoms with van der Waals surface area (Å²) in [5.41, 5.74) is 2.73. The molecule has 0 radical (unpaired) electrons. The van der Waals surface area contributed by atoms with Crippen LogP contribution in [0.4, 0.5) is 0 Å². The summed E-state index contributed by atoms with van der Waals surface area (Å²) in [6, 6.07) is 13.4. The van der Waals surface area contributed by atoms with Gasteiger partial charge in [0, 0.05) is 11.1 Å². The molecular weight excluding hydrogens is 372 g/mol. The number of benzene rings is 2. The van der Waals surface area contributed by atoms with Crippen molar-refractivity contribution in [1.29, 1.82) is 0 Å². The van der Waals surface area contributed by atoms with Crippen LogP contribution in [0.3, 0.4) is 0 Å². The van der Waals surface area contributed by atoms with Crippen LogP contribution in [0.1, 0.15) is 38.8 Å². The van der Waals surface area contributed by atoms with Crippen molar-refractivity contribution in [3.63, 3.8) is 0 Å². The van der Waals surface area contributed by atoms with Gasteiger partial charge in [-0.05, 0) is 42.3 Å². The van der Waals surface area contributed by atoms with Gasteiger partial charge in [0.15, 0.2) is 17.3 Å². The van der Waals surface area contributed by atoms with Crippen molar-refractivity contribution in [3.05, 3.63) is 58.4 Å². The van der Waals surface area contributed by atoms with Crippen molar-refractivity contribution in [2.75, 3.05) is 6.61 Å². The summed E-state index contributed by atoms with van der Waals surface area (Å²) < 4.78 is 7.32. The van der Waals surface area contributed by atoms with E-state index < -0.39 is 0 Å². The van der Waals surface area contributed by atoms with E-state index in [2.05, 4.69) is 48.2 Å². The van der Waals surface area contributed by atoms with E-state index in [0.717, 1.165) is 5.56 Å². The van der Waals surface area contributed by atoms with Gasteiger partial charge in [-0.1, -0.05) is 51.1 Å². The number of hydrogen-bond acceptors (Lipinski definition) is 5. The topological polar surface area (TPSA) is 75.4 Å². The maximum atomic E-state index is 10.3. The van der Waals surface area contributed by atoms with E-state index >= 15 is 0 Å². The molecule has 2 aromatic carbocycles. The summed E-state index contributed by atoms with van der Waals surface area (Å²) in [6.07, 6.45) is 1.54. The Kier molecular flexibility index (Phi) is 5.65. The van der Waals surface area contributed by atoms with Gasteiger partial charge in [-0.3, -0.25) is 0 Å². The van der Waals surface area contributed by atoms with Gasteiger partial charge >= 0.3 is 0 Å². The number of aromatic amines is 1. The first-order chi connectivity index (χ1) is 13.3. The number of nitrogens with one attached hydrogen (secondary N) is 1. The first-order valence-corrected chi connectivity index (χ1v) is 9.49. The number of para-hydroxylation sites is 1. The molecule has 2 N–H and O–H groups in total. The number of aromatic hydroxyl groups is 1. The third kappa shape index (κ3) is 4.14. The van der Waals surface area contributed by atoms with Crippen molar-refractivity contribution >= 4 is 18.4 Å². The van der Waals surface area contributed by atoms with E-state index in [4.69, 9.17) is 17.0 Å². The number of hydrogen-bond donors (Lipinski definition) is 2. The Morgan fingerprint density at radius 2 is 1.93 bits per heavy atom. The molecule has 0 amide bonds. The average Bonchev–Trinajstić information content (AvgIpc) is 3.02. The van der Waals surface area contributed by atoms with Gasteiger partial charge in [-0.2, -0.15) is 14.9 Å². The molecule has 0 saturated carbocycles. The van der Waals surface area contributed by atoms with Gasteiger partial charge in [0.25, 0.3) is 0 Å². The van der Waals surface area contributed by atoms with Crippen LogP contribution >= 0.6 is 12.2 Å². The van der Waals surface area contributed by atoms with Crippen molar-refractivity contribution < 1.29 is 9.84 Å². The predicted octanol–water partition coefficient (Wildman–Crippen LogP) is 4.89. The average molecular weight is 397 g/mol. The third-order valence-corrected chi connectivity index (χ3v) is 4.57. The molecule has 0 aliphatic carbocycles. The van der Waals surface area contributed by atoms with Crippen LogP contribution in [0.15, 0.2) is 47.6 Å². The van der Waals surface area contributed by atoms with Gasteiger partial charge in [0.1, 0.15) is 0 Å². The molecule has 0 saturated heterocycles. The van der Waals surface area contributed by atoms with Crippen LogP contribution in [-0.2, 0) is 5.41 Å². The summed E-state index contributed by atoms with van der Waals surface area (Å²) in [7, 11) is 0. The minimum atomic E-state index is 0.0409. The fraction of sp³-hybridized carbons (Fsp3) is 0.286. The van der Waals surface area contributed by atoms with Gasteiger partial charge in [0.2, 0.25) is 4.77 Å². The zero-order valence-electron chi connectivity index (χ0n) is 16.4. The standard InChI is InChI=1S/C21H24N4O2S/c1-5-27-17-8-6-7-15(18(17)26)13-22-25-19(23-24-20(25)28)14-9-11-16(12-10-14)21(2,3)4/h6-13,26H,5H2,1-4H3,(H,24,28). The van der Waals surface area contributed by atoms with E-state index in [1.165, 1.54) is 16.5 Å². The third-order valence-electron chi connectivity index (χ3n) is 4.30. The number of rotatable bonds is 5. The molecule has 1 aromatic heterocycles. The van der Waals surface area contributed by atoms with Crippen LogP contribution in [0.2, 0.25) is 0 Å². The Morgan fingerprint density at radius 3 is 2.57 bits per heavy atom. The van der Waals surface area contributed by atoms with E-state index in [-0.39, 0.29) is 11.2 Å². The number of aromatic nitrogens is 3. The quantitative estimate of drug-likeness (QED) is 0.475. The zero-order chi connectivity index (χ0) is 20.3. The van der Waals surface area contributed by atoms with Crippen molar-refractivity contribution in [3.8, 4) is 22.9 Å². The summed E-state index contributed by atoms with van der Waals surface area (Å²) in [5.74, 6) is 1.06. The Hall–Kier alpha value is -2.93. The highest BCUT2D eigenvalue weighted by molar-refractivity contribution is 7.71.